The Morgan fingerprint density at radius 3 is 1.08 bits per heavy atom. The molecule has 2 aliphatic heterocycles. The Kier molecular flexibility index (Phi) is 9.12. The third kappa shape index (κ3) is 6.33. The molecule has 0 aliphatic carbocycles. The molecule has 0 radical (unpaired) electrons. The molecule has 2 aliphatic rings. The lowest BCUT2D eigenvalue weighted by atomic mass is 9.33. The summed E-state index contributed by atoms with van der Waals surface area (Å²) in [5, 5.41) is 0. The molecule has 0 spiro atoms. The number of nitrogens with zero attached hydrogens (tertiary/aromatic N) is 2. The van der Waals surface area contributed by atoms with Gasteiger partial charge in [-0.3, -0.25) is 0 Å². The van der Waals surface area contributed by atoms with E-state index in [1.165, 1.54) is 117 Å². The molecule has 7 aromatic carbocycles. The molecule has 0 N–H and O–H groups in total. The van der Waals surface area contributed by atoms with Gasteiger partial charge >= 0.3 is 0 Å². The molecule has 3 heteroatoms. The Morgan fingerprint density at radius 2 is 0.746 bits per heavy atom. The second-order valence-corrected chi connectivity index (χ2v) is 19.5. The quantitative estimate of drug-likeness (QED) is 0.165. The van der Waals surface area contributed by atoms with Crippen molar-refractivity contribution < 1.29 is 0 Å². The number of benzene rings is 7. The van der Waals surface area contributed by atoms with Crippen LogP contribution in [0.25, 0.3) is 22.3 Å². The van der Waals surface area contributed by atoms with E-state index in [-0.39, 0.29) is 17.5 Å². The van der Waals surface area contributed by atoms with E-state index in [0.29, 0.717) is 0 Å². The van der Waals surface area contributed by atoms with Gasteiger partial charge in [0.25, 0.3) is 6.71 Å². The molecular weight excluding hydrogens is 711 g/mol. The molecule has 0 fully saturated rings. The normalized spacial score (nSPS) is 13.3. The molecule has 0 amide bonds. The Hall–Kier alpha value is -5.80. The van der Waals surface area contributed by atoms with Gasteiger partial charge in [-0.2, -0.15) is 0 Å². The first-order valence-corrected chi connectivity index (χ1v) is 21.4. The first-order chi connectivity index (χ1) is 28.0. The summed E-state index contributed by atoms with van der Waals surface area (Å²) < 4.78 is 0. The van der Waals surface area contributed by atoms with Gasteiger partial charge in [0.05, 0.1) is 11.4 Å². The van der Waals surface area contributed by atoms with Gasteiger partial charge in [-0.25, -0.2) is 0 Å². The lowest BCUT2D eigenvalue weighted by molar-refractivity contribution is 0.592. The molecular formula is C56H57BN2. The van der Waals surface area contributed by atoms with Crippen LogP contribution in [0.4, 0.5) is 34.1 Å². The van der Waals surface area contributed by atoms with Gasteiger partial charge < -0.3 is 9.80 Å². The molecule has 2 heterocycles. The van der Waals surface area contributed by atoms with Crippen molar-refractivity contribution in [2.24, 2.45) is 0 Å². The number of rotatable bonds is 4. The minimum Gasteiger partial charge on any atom is -0.311 e. The van der Waals surface area contributed by atoms with Gasteiger partial charge in [0.2, 0.25) is 0 Å². The van der Waals surface area contributed by atoms with E-state index in [2.05, 4.69) is 220 Å². The van der Waals surface area contributed by atoms with Gasteiger partial charge in [0, 0.05) is 22.7 Å². The van der Waals surface area contributed by atoms with Gasteiger partial charge in [-0.05, 0) is 149 Å². The largest absolute Gasteiger partial charge is 0.311 e. The van der Waals surface area contributed by atoms with E-state index in [9.17, 15) is 0 Å². The molecule has 0 atom stereocenters. The molecule has 59 heavy (non-hydrogen) atoms. The second kappa shape index (κ2) is 13.9. The van der Waals surface area contributed by atoms with Crippen LogP contribution in [0.15, 0.2) is 127 Å². The fraction of sp³-hybridized carbons (Fsp3) is 0.250. The molecule has 0 saturated heterocycles. The summed E-state index contributed by atoms with van der Waals surface area (Å²) in [7, 11) is 0. The topological polar surface area (TPSA) is 6.48 Å². The van der Waals surface area contributed by atoms with E-state index in [0.717, 1.165) is 0 Å². The van der Waals surface area contributed by atoms with Crippen LogP contribution in [-0.2, 0) is 10.8 Å². The monoisotopic (exact) mass is 768 g/mol. The zero-order valence-corrected chi connectivity index (χ0v) is 37.1. The fourth-order valence-corrected chi connectivity index (χ4v) is 10.5. The summed E-state index contributed by atoms with van der Waals surface area (Å²) in [4.78, 5) is 5.24. The van der Waals surface area contributed by atoms with Crippen molar-refractivity contribution in [2.45, 2.75) is 93.9 Å². The lowest BCUT2D eigenvalue weighted by Crippen LogP contribution is -2.62. The number of fused-ring (bicyclic) bond motifs is 4. The van der Waals surface area contributed by atoms with E-state index >= 15 is 0 Å². The van der Waals surface area contributed by atoms with Crippen molar-refractivity contribution in [1.82, 2.24) is 0 Å². The highest BCUT2D eigenvalue weighted by molar-refractivity contribution is 7.00. The number of aryl methyl sites for hydroxylation is 6. The summed E-state index contributed by atoms with van der Waals surface area (Å²) in [6.07, 6.45) is 0. The zero-order chi connectivity index (χ0) is 41.7. The van der Waals surface area contributed by atoms with Crippen LogP contribution in [-0.4, -0.2) is 6.71 Å². The van der Waals surface area contributed by atoms with Crippen LogP contribution in [0.5, 0.6) is 0 Å². The molecule has 0 aromatic heterocycles. The minimum absolute atomic E-state index is 0.00710. The van der Waals surface area contributed by atoms with Crippen LogP contribution < -0.4 is 26.2 Å². The van der Waals surface area contributed by atoms with Crippen molar-refractivity contribution in [3.63, 3.8) is 0 Å². The van der Waals surface area contributed by atoms with E-state index < -0.39 is 0 Å². The fourth-order valence-electron chi connectivity index (χ4n) is 10.5. The Morgan fingerprint density at radius 1 is 0.390 bits per heavy atom. The SMILES string of the molecule is Cc1cc(C)c(N2c3cc(-c4ccccc4)c(C(C)(C)C)cc3B3c4cc(C(C)(C)C)c(-c5ccccc5)cc4N(c4c(C)cc(C)cc4C)c4cccc2c43)c(C)c1. The third-order valence-electron chi connectivity index (χ3n) is 12.8. The summed E-state index contributed by atoms with van der Waals surface area (Å²) >= 11 is 0. The third-order valence-corrected chi connectivity index (χ3v) is 12.8. The van der Waals surface area contributed by atoms with Crippen LogP contribution in [0.1, 0.15) is 86.1 Å². The first kappa shape index (κ1) is 38.7. The lowest BCUT2D eigenvalue weighted by Gasteiger charge is -2.46. The Bertz CT molecular complexity index is 2570. The molecule has 7 aromatic rings. The van der Waals surface area contributed by atoms with Gasteiger partial charge in [0.15, 0.2) is 0 Å². The van der Waals surface area contributed by atoms with E-state index in [1.807, 2.05) is 0 Å². The smallest absolute Gasteiger partial charge is 0.252 e. The summed E-state index contributed by atoms with van der Waals surface area (Å²) in [5.74, 6) is 0. The summed E-state index contributed by atoms with van der Waals surface area (Å²) in [6, 6.07) is 48.8. The highest BCUT2D eigenvalue weighted by atomic mass is 15.2. The van der Waals surface area contributed by atoms with Crippen molar-refractivity contribution in [3.05, 3.63) is 172 Å². The molecule has 9 rings (SSSR count). The van der Waals surface area contributed by atoms with Crippen molar-refractivity contribution >= 4 is 57.2 Å². The zero-order valence-electron chi connectivity index (χ0n) is 37.1. The van der Waals surface area contributed by atoms with Crippen LogP contribution in [0.2, 0.25) is 0 Å². The maximum Gasteiger partial charge on any atom is 0.252 e. The molecule has 0 unspecified atom stereocenters. The maximum atomic E-state index is 2.62. The molecule has 294 valence electrons. The van der Waals surface area contributed by atoms with Gasteiger partial charge in [-0.1, -0.05) is 156 Å². The number of hydrogen-bond acceptors (Lipinski definition) is 2. The maximum absolute atomic E-state index is 2.62. The predicted molar refractivity (Wildman–Crippen MR) is 257 cm³/mol. The van der Waals surface area contributed by atoms with Crippen molar-refractivity contribution in [2.75, 3.05) is 9.80 Å². The first-order valence-electron chi connectivity index (χ1n) is 21.4. The highest BCUT2D eigenvalue weighted by Gasteiger charge is 2.45. The number of hydrogen-bond donors (Lipinski definition) is 0. The van der Waals surface area contributed by atoms with Crippen LogP contribution in [0, 0.1) is 41.5 Å². The van der Waals surface area contributed by atoms with Gasteiger partial charge in [-0.15, -0.1) is 0 Å². The predicted octanol–water partition coefficient (Wildman–Crippen LogP) is 13.5. The second-order valence-electron chi connectivity index (χ2n) is 19.5. The molecule has 0 bridgehead atoms. The van der Waals surface area contributed by atoms with E-state index in [4.69, 9.17) is 0 Å². The average molecular weight is 769 g/mol. The van der Waals surface area contributed by atoms with E-state index in [1.54, 1.807) is 0 Å². The van der Waals surface area contributed by atoms with Crippen molar-refractivity contribution in [3.8, 4) is 22.3 Å². The summed E-state index contributed by atoms with van der Waals surface area (Å²) in [5.41, 5.74) is 27.0. The standard InChI is InChI=1S/C56H57BN2/c1-34-26-36(3)53(37(4)27-34)58-48-24-19-25-49-52(48)57(46-32-44(55(7,8)9)42(30-50(46)58)40-20-15-13-16-21-40)47-33-45(56(10,11)12)43(41-22-17-14-18-23-41)31-51(47)59(49)54-38(5)28-35(2)29-39(54)6/h13-33H,1-12H3. The van der Waals surface area contributed by atoms with Crippen LogP contribution in [0.3, 0.4) is 0 Å². The van der Waals surface area contributed by atoms with Crippen molar-refractivity contribution in [1.29, 1.82) is 0 Å². The molecule has 2 nitrogen and oxygen atoms in total. The Labute approximate surface area is 353 Å². The van der Waals surface area contributed by atoms with Crippen LogP contribution >= 0.6 is 0 Å². The molecule has 0 saturated carbocycles. The Balaban J connectivity index is 1.47. The average Bonchev–Trinajstić information content (AvgIpc) is 3.17. The summed E-state index contributed by atoms with van der Waals surface area (Å²) in [6.45, 7) is 27.8. The van der Waals surface area contributed by atoms with Gasteiger partial charge in [0.1, 0.15) is 0 Å². The minimum atomic E-state index is -0.103. The number of anilines is 6. The highest BCUT2D eigenvalue weighted by Crippen LogP contribution is 2.50.